The number of aromatic nitrogens is 5. The molecule has 3 aromatic heterocycles. The summed E-state index contributed by atoms with van der Waals surface area (Å²) in [6.07, 6.45) is -1.95. The monoisotopic (exact) mass is 755 g/mol. The van der Waals surface area contributed by atoms with E-state index in [9.17, 15) is 41.4 Å². The zero-order valence-corrected chi connectivity index (χ0v) is 29.5. The molecule has 3 aliphatic rings. The summed E-state index contributed by atoms with van der Waals surface area (Å²) in [4.78, 5) is 55.7. The van der Waals surface area contributed by atoms with Crippen LogP contribution in [0.4, 0.5) is 33.3 Å². The number of carbonyl (C=O) groups is 2. The molecule has 0 spiro atoms. The number of fused-ring (bicyclic) bond motifs is 3. The van der Waals surface area contributed by atoms with Crippen LogP contribution in [0.3, 0.4) is 0 Å². The van der Waals surface area contributed by atoms with E-state index in [1.165, 1.54) is 31.3 Å². The van der Waals surface area contributed by atoms with Gasteiger partial charge in [0, 0.05) is 38.1 Å². The standard InChI is InChI=1S/C36H38F5N9O4/c1-3-26-31(47-16-23-7-8-24(17-47)49(23)33(53)30-27(51)5-4-12-42-30)34(54)50-35(44-32(45-50)21-10-13-46(14-11-21)18-28(37)38)48(26)19-29(52)43-25-9-6-22(15-20(25)2)36(39,40)41/h4-6,9-10,12,15,23-24,28,51H,3,7-8,11,13-14,16-19H2,1-2H3,(H,43,52). The Morgan fingerprint density at radius 2 is 1.85 bits per heavy atom. The molecule has 13 nitrogen and oxygen atoms in total. The molecule has 2 fully saturated rings. The van der Waals surface area contributed by atoms with E-state index in [1.54, 1.807) is 20.4 Å². The molecule has 2 saturated heterocycles. The molecule has 0 aliphatic carbocycles. The predicted molar refractivity (Wildman–Crippen MR) is 188 cm³/mol. The van der Waals surface area contributed by atoms with Crippen molar-refractivity contribution in [2.24, 2.45) is 0 Å². The molecular weight excluding hydrogens is 717 g/mol. The molecule has 2 amide bonds. The molecule has 3 aliphatic heterocycles. The molecule has 18 heteroatoms. The zero-order chi connectivity index (χ0) is 38.5. The second-order valence-corrected chi connectivity index (χ2v) is 13.8. The van der Waals surface area contributed by atoms with Crippen LogP contribution >= 0.6 is 0 Å². The number of nitrogens with one attached hydrogen (secondary N) is 1. The minimum Gasteiger partial charge on any atom is -0.505 e. The molecule has 2 unspecified atom stereocenters. The van der Waals surface area contributed by atoms with Gasteiger partial charge in [0.15, 0.2) is 11.5 Å². The first-order valence-electron chi connectivity index (χ1n) is 17.6. The Bertz CT molecular complexity index is 2190. The van der Waals surface area contributed by atoms with Crippen molar-refractivity contribution in [3.05, 3.63) is 81.3 Å². The number of pyridine rings is 1. The molecule has 7 rings (SSSR count). The lowest BCUT2D eigenvalue weighted by Gasteiger charge is -2.42. The van der Waals surface area contributed by atoms with E-state index in [1.807, 2.05) is 11.8 Å². The van der Waals surface area contributed by atoms with Crippen LogP contribution in [0.1, 0.15) is 59.3 Å². The van der Waals surface area contributed by atoms with Crippen LogP contribution in [0, 0.1) is 6.92 Å². The number of hydrogen-bond acceptors (Lipinski definition) is 9. The van der Waals surface area contributed by atoms with Crippen molar-refractivity contribution >= 4 is 34.5 Å². The first kappa shape index (κ1) is 36.9. The Balaban J connectivity index is 1.26. The lowest BCUT2D eigenvalue weighted by molar-refractivity contribution is -0.137. The van der Waals surface area contributed by atoms with Gasteiger partial charge in [0.1, 0.15) is 18.0 Å². The Kier molecular flexibility index (Phi) is 9.89. The quantitative estimate of drug-likeness (QED) is 0.239. The molecule has 2 N–H and O–H groups in total. The second-order valence-electron chi connectivity index (χ2n) is 13.8. The van der Waals surface area contributed by atoms with Crippen molar-refractivity contribution in [3.8, 4) is 5.75 Å². The number of amides is 2. The summed E-state index contributed by atoms with van der Waals surface area (Å²) in [7, 11) is 0. The number of piperazine rings is 1. The molecular formula is C36H38F5N9O4. The maximum Gasteiger partial charge on any atom is 0.416 e. The summed E-state index contributed by atoms with van der Waals surface area (Å²) in [5, 5.41) is 17.6. The van der Waals surface area contributed by atoms with Crippen LogP contribution in [0.5, 0.6) is 5.75 Å². The summed E-state index contributed by atoms with van der Waals surface area (Å²) in [5.41, 5.74) is 0.378. The van der Waals surface area contributed by atoms with E-state index >= 15 is 0 Å². The van der Waals surface area contributed by atoms with E-state index in [0.29, 0.717) is 37.1 Å². The average molecular weight is 756 g/mol. The van der Waals surface area contributed by atoms with E-state index < -0.39 is 35.5 Å². The molecule has 286 valence electrons. The van der Waals surface area contributed by atoms with Gasteiger partial charge in [-0.15, -0.1) is 5.10 Å². The van der Waals surface area contributed by atoms with E-state index in [-0.39, 0.29) is 91.2 Å². The molecule has 0 radical (unpaired) electrons. The van der Waals surface area contributed by atoms with Gasteiger partial charge in [-0.25, -0.2) is 13.8 Å². The highest BCUT2D eigenvalue weighted by atomic mass is 19.4. The molecule has 6 heterocycles. The topological polar surface area (TPSA) is 141 Å². The molecule has 2 atom stereocenters. The maximum atomic E-state index is 14.5. The van der Waals surface area contributed by atoms with Crippen LogP contribution < -0.4 is 15.8 Å². The average Bonchev–Trinajstić information content (AvgIpc) is 3.68. The molecule has 54 heavy (non-hydrogen) atoms. The minimum atomic E-state index is -4.56. The van der Waals surface area contributed by atoms with Crippen molar-refractivity contribution in [2.45, 2.75) is 70.8 Å². The third-order valence-electron chi connectivity index (χ3n) is 10.3. The highest BCUT2D eigenvalue weighted by Crippen LogP contribution is 2.36. The van der Waals surface area contributed by atoms with E-state index in [2.05, 4.69) is 20.4 Å². The Morgan fingerprint density at radius 1 is 1.11 bits per heavy atom. The predicted octanol–water partition coefficient (Wildman–Crippen LogP) is 4.37. The van der Waals surface area contributed by atoms with Crippen LogP contribution in [0.2, 0.25) is 0 Å². The van der Waals surface area contributed by atoms with Gasteiger partial charge in [-0.1, -0.05) is 13.0 Å². The Morgan fingerprint density at radius 3 is 2.46 bits per heavy atom. The zero-order valence-electron chi connectivity index (χ0n) is 29.5. The van der Waals surface area contributed by atoms with Crippen molar-refractivity contribution < 1.29 is 36.6 Å². The maximum absolute atomic E-state index is 14.5. The Hall–Kier alpha value is -5.39. The fraction of sp³-hybridized carbons (Fsp3) is 0.444. The third kappa shape index (κ3) is 7.01. The Labute approximate surface area is 305 Å². The van der Waals surface area contributed by atoms with E-state index in [4.69, 9.17) is 0 Å². The smallest absolute Gasteiger partial charge is 0.416 e. The summed E-state index contributed by atoms with van der Waals surface area (Å²) in [6, 6.07) is 5.31. The number of carbonyl (C=O) groups excluding carboxylic acids is 2. The molecule has 2 bridgehead atoms. The van der Waals surface area contributed by atoms with Gasteiger partial charge in [-0.05, 0) is 74.1 Å². The van der Waals surface area contributed by atoms with Crippen LogP contribution in [0.15, 0.2) is 47.4 Å². The first-order valence-corrected chi connectivity index (χ1v) is 17.6. The second kappa shape index (κ2) is 14.4. The lowest BCUT2D eigenvalue weighted by Crippen LogP contribution is -2.57. The van der Waals surface area contributed by atoms with Crippen molar-refractivity contribution in [3.63, 3.8) is 0 Å². The van der Waals surface area contributed by atoms with E-state index in [0.717, 1.165) is 16.6 Å². The molecule has 1 aromatic carbocycles. The highest BCUT2D eigenvalue weighted by Gasteiger charge is 2.45. The third-order valence-corrected chi connectivity index (χ3v) is 10.3. The summed E-state index contributed by atoms with van der Waals surface area (Å²) in [6.45, 7) is 3.63. The van der Waals surface area contributed by atoms with Gasteiger partial charge in [0.2, 0.25) is 11.7 Å². The number of aryl methyl sites for hydroxylation is 1. The highest BCUT2D eigenvalue weighted by molar-refractivity contribution is 5.95. The SMILES string of the molecule is CCc1c(N2CC3CCC(C2)N3C(=O)c2ncccc2O)c(=O)n2nc(C3=CCN(CC(F)F)CC3)nc2n1CC(=O)Nc1ccc(C(F)(F)F)cc1C. The van der Waals surface area contributed by atoms with Crippen molar-refractivity contribution in [2.75, 3.05) is 42.9 Å². The van der Waals surface area contributed by atoms with Gasteiger partial charge in [0.05, 0.1) is 29.9 Å². The lowest BCUT2D eigenvalue weighted by atomic mass is 10.1. The number of rotatable bonds is 9. The molecule has 4 aromatic rings. The number of alkyl halides is 5. The van der Waals surface area contributed by atoms with Gasteiger partial charge >= 0.3 is 6.18 Å². The van der Waals surface area contributed by atoms with Crippen LogP contribution in [-0.4, -0.2) is 102 Å². The summed E-state index contributed by atoms with van der Waals surface area (Å²) < 4.78 is 68.7. The van der Waals surface area contributed by atoms with Crippen LogP contribution in [0.25, 0.3) is 11.4 Å². The molecule has 0 saturated carbocycles. The summed E-state index contributed by atoms with van der Waals surface area (Å²) >= 11 is 0. The van der Waals surface area contributed by atoms with Gasteiger partial charge in [-0.2, -0.15) is 22.7 Å². The minimum absolute atomic E-state index is 0.0559. The van der Waals surface area contributed by atoms with Crippen molar-refractivity contribution in [1.82, 2.24) is 33.9 Å². The number of aromatic hydroxyl groups is 1. The van der Waals surface area contributed by atoms with Gasteiger partial charge < -0.3 is 24.8 Å². The summed E-state index contributed by atoms with van der Waals surface area (Å²) in [5.74, 6) is -0.950. The largest absolute Gasteiger partial charge is 0.505 e. The van der Waals surface area contributed by atoms with Gasteiger partial charge in [0.25, 0.3) is 17.9 Å². The number of benzene rings is 1. The van der Waals surface area contributed by atoms with Crippen LogP contribution in [-0.2, 0) is 23.9 Å². The number of halogens is 5. The van der Waals surface area contributed by atoms with Crippen molar-refractivity contribution in [1.29, 1.82) is 0 Å². The fourth-order valence-corrected chi connectivity index (χ4v) is 7.76. The van der Waals surface area contributed by atoms with Gasteiger partial charge in [-0.3, -0.25) is 19.3 Å². The first-order chi connectivity index (χ1) is 25.7. The normalized spacial score (nSPS) is 19.1. The fourth-order valence-electron chi connectivity index (χ4n) is 7.76. The number of anilines is 2. The number of nitrogens with zero attached hydrogens (tertiary/aromatic N) is 8. The number of hydrogen-bond donors (Lipinski definition) is 2.